The predicted molar refractivity (Wildman–Crippen MR) is 99.2 cm³/mol. The molecule has 1 aromatic heterocycles. The van der Waals surface area contributed by atoms with Crippen LogP contribution >= 0.6 is 36.2 Å². The molecular weight excluding hydrogens is 357 g/mol. The number of aromatic nitrogens is 1. The molecule has 0 unspecified atom stereocenters. The molecule has 0 aliphatic carbocycles. The molecule has 1 aliphatic heterocycles. The van der Waals surface area contributed by atoms with Gasteiger partial charge < -0.3 is 15.4 Å². The van der Waals surface area contributed by atoms with Gasteiger partial charge in [-0.2, -0.15) is 0 Å². The first kappa shape index (κ1) is 22.6. The Morgan fingerprint density at radius 1 is 1.35 bits per heavy atom. The van der Waals surface area contributed by atoms with Crippen LogP contribution in [-0.2, 0) is 16.0 Å². The minimum Gasteiger partial charge on any atom is -0.384 e. The van der Waals surface area contributed by atoms with E-state index >= 15 is 0 Å². The largest absolute Gasteiger partial charge is 0.384 e. The Morgan fingerprint density at radius 2 is 2.00 bits per heavy atom. The van der Waals surface area contributed by atoms with Crippen molar-refractivity contribution in [2.45, 2.75) is 33.1 Å². The van der Waals surface area contributed by atoms with Gasteiger partial charge in [0.05, 0.1) is 22.7 Å². The smallest absolute Gasteiger partial charge is 0.228 e. The summed E-state index contributed by atoms with van der Waals surface area (Å²) in [6, 6.07) is 0. The van der Waals surface area contributed by atoms with E-state index in [0.29, 0.717) is 13.2 Å². The molecule has 1 saturated heterocycles. The number of carbonyl (C=O) groups excluding carboxylic acids is 1. The minimum atomic E-state index is -0.362. The van der Waals surface area contributed by atoms with Crippen LogP contribution < -0.4 is 10.6 Å². The first-order chi connectivity index (χ1) is 10.1. The summed E-state index contributed by atoms with van der Waals surface area (Å²) in [5, 5.41) is 7.48. The monoisotopic (exact) mass is 383 g/mol. The lowest BCUT2D eigenvalue weighted by molar-refractivity contribution is -0.136. The van der Waals surface area contributed by atoms with Crippen molar-refractivity contribution < 1.29 is 9.53 Å². The fourth-order valence-corrected chi connectivity index (χ4v) is 3.84. The molecule has 0 bridgehead atoms. The zero-order chi connectivity index (χ0) is 15.3. The van der Waals surface area contributed by atoms with E-state index in [4.69, 9.17) is 4.74 Å². The van der Waals surface area contributed by atoms with E-state index in [1.807, 2.05) is 13.8 Å². The van der Waals surface area contributed by atoms with Crippen LogP contribution in [0, 0.1) is 19.3 Å². The van der Waals surface area contributed by atoms with Gasteiger partial charge in [0.25, 0.3) is 0 Å². The van der Waals surface area contributed by atoms with Gasteiger partial charge >= 0.3 is 0 Å². The van der Waals surface area contributed by atoms with Crippen molar-refractivity contribution in [2.24, 2.45) is 5.41 Å². The average molecular weight is 384 g/mol. The third-order valence-electron chi connectivity index (χ3n) is 4.10. The Bertz CT molecular complexity index is 486. The van der Waals surface area contributed by atoms with Crippen molar-refractivity contribution in [3.8, 4) is 0 Å². The highest BCUT2D eigenvalue weighted by molar-refractivity contribution is 7.11. The predicted octanol–water partition coefficient (Wildman–Crippen LogP) is 2.28. The summed E-state index contributed by atoms with van der Waals surface area (Å²) < 4.78 is 5.30. The molecule has 2 rings (SSSR count). The maximum atomic E-state index is 12.6. The molecule has 1 aromatic rings. The van der Waals surface area contributed by atoms with Gasteiger partial charge in [0.1, 0.15) is 0 Å². The number of thiazole rings is 1. The number of nitrogens with one attached hydrogen (secondary N) is 2. The van der Waals surface area contributed by atoms with Crippen LogP contribution in [-0.4, -0.2) is 44.2 Å². The third kappa shape index (κ3) is 5.87. The number of nitrogens with zero attached hydrogens (tertiary/aromatic N) is 1. The number of carbonyl (C=O) groups is 1. The normalized spacial score (nSPS) is 16.1. The second-order valence-corrected chi connectivity index (χ2v) is 7.00. The minimum absolute atomic E-state index is 0. The number of aryl methyl sites for hydroxylation is 2. The molecule has 2 N–H and O–H groups in total. The van der Waals surface area contributed by atoms with Crippen LogP contribution in [0.3, 0.4) is 0 Å². The molecule has 134 valence electrons. The zero-order valence-electron chi connectivity index (χ0n) is 13.9. The molecule has 1 fully saturated rings. The SMILES string of the molecule is COCC1(C(=O)NCCc2sc(C)nc2C)CCNCC1.Cl.Cl. The lowest BCUT2D eigenvalue weighted by Crippen LogP contribution is -2.50. The zero-order valence-corrected chi connectivity index (χ0v) is 16.4. The van der Waals surface area contributed by atoms with E-state index in [1.54, 1.807) is 18.4 Å². The molecule has 0 aromatic carbocycles. The van der Waals surface area contributed by atoms with Crippen molar-refractivity contribution >= 4 is 42.1 Å². The Hall–Kier alpha value is -0.400. The number of methoxy groups -OCH3 is 1. The first-order valence-corrected chi connectivity index (χ1v) is 8.30. The van der Waals surface area contributed by atoms with Crippen molar-refractivity contribution in [2.75, 3.05) is 33.4 Å². The number of hydrogen-bond acceptors (Lipinski definition) is 5. The van der Waals surface area contributed by atoms with Crippen LogP contribution in [0.2, 0.25) is 0 Å². The molecular formula is C15H27Cl2N3O2S. The number of rotatable bonds is 6. The van der Waals surface area contributed by atoms with Crippen LogP contribution in [0.15, 0.2) is 0 Å². The third-order valence-corrected chi connectivity index (χ3v) is 5.23. The Labute approximate surface area is 154 Å². The lowest BCUT2D eigenvalue weighted by Gasteiger charge is -2.35. The van der Waals surface area contributed by atoms with E-state index in [-0.39, 0.29) is 36.1 Å². The number of piperidine rings is 1. The molecule has 0 atom stereocenters. The summed E-state index contributed by atoms with van der Waals surface area (Å²) in [6.07, 6.45) is 2.53. The Morgan fingerprint density at radius 3 is 2.52 bits per heavy atom. The summed E-state index contributed by atoms with van der Waals surface area (Å²) in [5.41, 5.74) is 0.721. The van der Waals surface area contributed by atoms with Gasteiger partial charge in [-0.3, -0.25) is 4.79 Å². The molecule has 1 aliphatic rings. The van der Waals surface area contributed by atoms with Crippen LogP contribution in [0.25, 0.3) is 0 Å². The molecule has 0 spiro atoms. The molecule has 1 amide bonds. The molecule has 0 saturated carbocycles. The van der Waals surface area contributed by atoms with E-state index < -0.39 is 0 Å². The molecule has 8 heteroatoms. The van der Waals surface area contributed by atoms with E-state index in [9.17, 15) is 4.79 Å². The molecule has 0 radical (unpaired) electrons. The lowest BCUT2D eigenvalue weighted by atomic mass is 9.78. The van der Waals surface area contributed by atoms with E-state index in [1.165, 1.54) is 4.88 Å². The van der Waals surface area contributed by atoms with Gasteiger partial charge in [-0.25, -0.2) is 4.98 Å². The second-order valence-electron chi connectivity index (χ2n) is 5.71. The van der Waals surface area contributed by atoms with E-state index in [2.05, 4.69) is 15.6 Å². The summed E-state index contributed by atoms with van der Waals surface area (Å²) in [6.45, 7) is 6.97. The van der Waals surface area contributed by atoms with Crippen LogP contribution in [0.4, 0.5) is 0 Å². The maximum Gasteiger partial charge on any atom is 0.228 e. The quantitative estimate of drug-likeness (QED) is 0.790. The summed E-state index contributed by atoms with van der Waals surface area (Å²) in [5.74, 6) is 0.129. The topological polar surface area (TPSA) is 63.2 Å². The van der Waals surface area contributed by atoms with Gasteiger partial charge in [0.15, 0.2) is 0 Å². The van der Waals surface area contributed by atoms with Gasteiger partial charge in [-0.15, -0.1) is 36.2 Å². The Balaban J connectivity index is 0.00000242. The van der Waals surface area contributed by atoms with Crippen LogP contribution in [0.1, 0.15) is 28.4 Å². The molecule has 2 heterocycles. The van der Waals surface area contributed by atoms with Crippen molar-refractivity contribution in [3.05, 3.63) is 15.6 Å². The fourth-order valence-electron chi connectivity index (χ4n) is 2.90. The van der Waals surface area contributed by atoms with Crippen LogP contribution in [0.5, 0.6) is 0 Å². The summed E-state index contributed by atoms with van der Waals surface area (Å²) in [7, 11) is 1.67. The average Bonchev–Trinajstić information content (AvgIpc) is 2.78. The first-order valence-electron chi connectivity index (χ1n) is 7.48. The summed E-state index contributed by atoms with van der Waals surface area (Å²) >= 11 is 1.71. The maximum absolute atomic E-state index is 12.6. The van der Waals surface area contributed by atoms with Gasteiger partial charge in [-0.1, -0.05) is 0 Å². The second kappa shape index (κ2) is 10.5. The highest BCUT2D eigenvalue weighted by Gasteiger charge is 2.39. The number of halogens is 2. The van der Waals surface area contributed by atoms with Crippen molar-refractivity contribution in [1.29, 1.82) is 0 Å². The van der Waals surface area contributed by atoms with Gasteiger partial charge in [0, 0.05) is 25.0 Å². The van der Waals surface area contributed by atoms with Crippen molar-refractivity contribution in [1.82, 2.24) is 15.6 Å². The fraction of sp³-hybridized carbons (Fsp3) is 0.733. The highest BCUT2D eigenvalue weighted by Crippen LogP contribution is 2.29. The van der Waals surface area contributed by atoms with Gasteiger partial charge in [0.2, 0.25) is 5.91 Å². The standard InChI is InChI=1S/C15H25N3O2S.2ClH/c1-11-13(21-12(2)18-11)4-7-17-14(19)15(10-20-3)5-8-16-9-6-15;;/h16H,4-10H2,1-3H3,(H,17,19);2*1H. The van der Waals surface area contributed by atoms with Gasteiger partial charge in [-0.05, 0) is 39.8 Å². The molecule has 5 nitrogen and oxygen atoms in total. The van der Waals surface area contributed by atoms with E-state index in [0.717, 1.165) is 43.1 Å². The number of amides is 1. The number of hydrogen-bond donors (Lipinski definition) is 2. The van der Waals surface area contributed by atoms with Crippen molar-refractivity contribution in [3.63, 3.8) is 0 Å². The highest BCUT2D eigenvalue weighted by atomic mass is 35.5. The molecule has 23 heavy (non-hydrogen) atoms. The number of ether oxygens (including phenoxy) is 1. The summed E-state index contributed by atoms with van der Waals surface area (Å²) in [4.78, 5) is 18.2. The Kier molecular flexibility index (Phi) is 10.3.